The fourth-order valence-corrected chi connectivity index (χ4v) is 3.19. The van der Waals surface area contributed by atoms with Crippen LogP contribution < -0.4 is 4.90 Å². The highest BCUT2D eigenvalue weighted by atomic mass is 19.1. The van der Waals surface area contributed by atoms with Gasteiger partial charge in [0.1, 0.15) is 5.82 Å². The molecule has 0 saturated carbocycles. The maximum atomic E-state index is 13.4. The number of hydrogen-bond donors (Lipinski definition) is 0. The van der Waals surface area contributed by atoms with Crippen molar-refractivity contribution in [2.45, 2.75) is 13.3 Å². The van der Waals surface area contributed by atoms with Crippen LogP contribution in [0, 0.1) is 5.82 Å². The number of halogens is 1. The summed E-state index contributed by atoms with van der Waals surface area (Å²) >= 11 is 0. The SMILES string of the molecule is CC(=O)N(CCC(=O)N1CCN(C(=O)c2ccco2)CC1)c1cccc(F)c1. The number of piperazine rings is 1. The average Bonchev–Trinajstić information content (AvgIpc) is 3.22. The van der Waals surface area contributed by atoms with E-state index in [1.165, 1.54) is 36.3 Å². The average molecular weight is 387 g/mol. The smallest absolute Gasteiger partial charge is 0.289 e. The fourth-order valence-electron chi connectivity index (χ4n) is 3.19. The minimum Gasteiger partial charge on any atom is -0.459 e. The zero-order valence-electron chi connectivity index (χ0n) is 15.6. The predicted octanol–water partition coefficient (Wildman–Crippen LogP) is 2.15. The molecule has 0 aliphatic carbocycles. The van der Waals surface area contributed by atoms with Crippen LogP contribution in [0.15, 0.2) is 47.1 Å². The zero-order chi connectivity index (χ0) is 20.1. The molecule has 8 heteroatoms. The van der Waals surface area contributed by atoms with Gasteiger partial charge in [0, 0.05) is 51.8 Å². The normalized spacial score (nSPS) is 14.1. The molecule has 0 radical (unpaired) electrons. The van der Waals surface area contributed by atoms with Crippen LogP contribution in [-0.2, 0) is 9.59 Å². The number of amides is 3. The molecule has 7 nitrogen and oxygen atoms in total. The fraction of sp³-hybridized carbons (Fsp3) is 0.350. The largest absolute Gasteiger partial charge is 0.459 e. The number of rotatable bonds is 5. The van der Waals surface area contributed by atoms with Crippen LogP contribution in [-0.4, -0.2) is 60.2 Å². The van der Waals surface area contributed by atoms with Gasteiger partial charge in [-0.1, -0.05) is 6.07 Å². The van der Waals surface area contributed by atoms with Crippen molar-refractivity contribution in [2.24, 2.45) is 0 Å². The van der Waals surface area contributed by atoms with Gasteiger partial charge in [0.25, 0.3) is 5.91 Å². The van der Waals surface area contributed by atoms with Gasteiger partial charge in [0.15, 0.2) is 5.76 Å². The lowest BCUT2D eigenvalue weighted by molar-refractivity contribution is -0.132. The number of nitrogens with zero attached hydrogens (tertiary/aromatic N) is 3. The molecule has 1 fully saturated rings. The molecule has 0 unspecified atom stereocenters. The topological polar surface area (TPSA) is 74.1 Å². The van der Waals surface area contributed by atoms with E-state index in [0.717, 1.165) is 0 Å². The molecule has 1 aliphatic heterocycles. The number of benzene rings is 1. The van der Waals surface area contributed by atoms with Crippen molar-refractivity contribution in [3.8, 4) is 0 Å². The molecule has 0 atom stereocenters. The molecule has 2 heterocycles. The van der Waals surface area contributed by atoms with Crippen LogP contribution in [0.2, 0.25) is 0 Å². The summed E-state index contributed by atoms with van der Waals surface area (Å²) in [5.41, 5.74) is 0.425. The summed E-state index contributed by atoms with van der Waals surface area (Å²) in [6.07, 6.45) is 1.58. The van der Waals surface area contributed by atoms with E-state index in [2.05, 4.69) is 0 Å². The van der Waals surface area contributed by atoms with Gasteiger partial charge in [0.2, 0.25) is 11.8 Å². The first kappa shape index (κ1) is 19.6. The molecule has 3 rings (SSSR count). The minimum absolute atomic E-state index is 0.104. The van der Waals surface area contributed by atoms with Crippen molar-refractivity contribution < 1.29 is 23.2 Å². The summed E-state index contributed by atoms with van der Waals surface area (Å²) in [5.74, 6) is -0.703. The molecule has 0 bridgehead atoms. The monoisotopic (exact) mass is 387 g/mol. The second-order valence-corrected chi connectivity index (χ2v) is 6.55. The van der Waals surface area contributed by atoms with Gasteiger partial charge in [-0.3, -0.25) is 14.4 Å². The minimum atomic E-state index is -0.438. The van der Waals surface area contributed by atoms with Gasteiger partial charge in [-0.2, -0.15) is 0 Å². The Labute approximate surface area is 162 Å². The highest BCUT2D eigenvalue weighted by molar-refractivity contribution is 5.93. The van der Waals surface area contributed by atoms with Crippen molar-refractivity contribution in [1.29, 1.82) is 0 Å². The van der Waals surface area contributed by atoms with E-state index in [1.54, 1.807) is 28.0 Å². The molecule has 0 spiro atoms. The van der Waals surface area contributed by atoms with Crippen LogP contribution in [0.25, 0.3) is 0 Å². The van der Waals surface area contributed by atoms with E-state index in [4.69, 9.17) is 4.42 Å². The third-order valence-electron chi connectivity index (χ3n) is 4.70. The Balaban J connectivity index is 1.52. The summed E-state index contributed by atoms with van der Waals surface area (Å²) in [7, 11) is 0. The summed E-state index contributed by atoms with van der Waals surface area (Å²) in [5, 5.41) is 0. The lowest BCUT2D eigenvalue weighted by Gasteiger charge is -2.34. The van der Waals surface area contributed by atoms with E-state index in [0.29, 0.717) is 31.9 Å². The van der Waals surface area contributed by atoms with Crippen LogP contribution in [0.4, 0.5) is 10.1 Å². The molecule has 1 saturated heterocycles. The summed E-state index contributed by atoms with van der Waals surface area (Å²) < 4.78 is 18.6. The second kappa shape index (κ2) is 8.69. The lowest BCUT2D eigenvalue weighted by atomic mass is 10.2. The van der Waals surface area contributed by atoms with Gasteiger partial charge >= 0.3 is 0 Å². The Morgan fingerprint density at radius 3 is 2.39 bits per heavy atom. The molecule has 3 amide bonds. The molecular weight excluding hydrogens is 365 g/mol. The number of carbonyl (C=O) groups excluding carboxylic acids is 3. The Morgan fingerprint density at radius 1 is 1.07 bits per heavy atom. The molecule has 2 aromatic rings. The summed E-state index contributed by atoms with van der Waals surface area (Å²) in [6.45, 7) is 3.24. The number of furan rings is 1. The molecule has 148 valence electrons. The van der Waals surface area contributed by atoms with Crippen molar-refractivity contribution in [3.05, 3.63) is 54.2 Å². The van der Waals surface area contributed by atoms with Crippen molar-refractivity contribution >= 4 is 23.4 Å². The second-order valence-electron chi connectivity index (χ2n) is 6.55. The molecule has 0 N–H and O–H groups in total. The molecule has 28 heavy (non-hydrogen) atoms. The van der Waals surface area contributed by atoms with Gasteiger partial charge in [-0.25, -0.2) is 4.39 Å². The molecule has 1 aromatic carbocycles. The highest BCUT2D eigenvalue weighted by Gasteiger charge is 2.26. The first-order valence-electron chi connectivity index (χ1n) is 9.10. The molecule has 1 aromatic heterocycles. The number of hydrogen-bond acceptors (Lipinski definition) is 4. The number of anilines is 1. The quantitative estimate of drug-likeness (QED) is 0.788. The van der Waals surface area contributed by atoms with Gasteiger partial charge in [-0.05, 0) is 30.3 Å². The predicted molar refractivity (Wildman–Crippen MR) is 100 cm³/mol. The van der Waals surface area contributed by atoms with Gasteiger partial charge in [0.05, 0.1) is 6.26 Å². The first-order valence-corrected chi connectivity index (χ1v) is 9.10. The third-order valence-corrected chi connectivity index (χ3v) is 4.70. The van der Waals surface area contributed by atoms with Crippen molar-refractivity contribution in [3.63, 3.8) is 0 Å². The van der Waals surface area contributed by atoms with Crippen LogP contribution in [0.3, 0.4) is 0 Å². The van der Waals surface area contributed by atoms with Gasteiger partial charge in [-0.15, -0.1) is 0 Å². The van der Waals surface area contributed by atoms with E-state index in [1.807, 2.05) is 0 Å². The van der Waals surface area contributed by atoms with E-state index < -0.39 is 5.82 Å². The van der Waals surface area contributed by atoms with E-state index in [9.17, 15) is 18.8 Å². The Bertz CT molecular complexity index is 845. The maximum Gasteiger partial charge on any atom is 0.289 e. The lowest BCUT2D eigenvalue weighted by Crippen LogP contribution is -2.51. The summed E-state index contributed by atoms with van der Waals surface area (Å²) in [6, 6.07) is 9.00. The first-order chi connectivity index (χ1) is 13.5. The van der Waals surface area contributed by atoms with Crippen LogP contribution in [0.1, 0.15) is 23.9 Å². The van der Waals surface area contributed by atoms with E-state index >= 15 is 0 Å². The maximum absolute atomic E-state index is 13.4. The third kappa shape index (κ3) is 4.57. The highest BCUT2D eigenvalue weighted by Crippen LogP contribution is 2.17. The van der Waals surface area contributed by atoms with Gasteiger partial charge < -0.3 is 19.1 Å². The Morgan fingerprint density at radius 2 is 1.79 bits per heavy atom. The molecule has 1 aliphatic rings. The van der Waals surface area contributed by atoms with Crippen molar-refractivity contribution in [1.82, 2.24) is 9.80 Å². The Kier molecular flexibility index (Phi) is 6.08. The van der Waals surface area contributed by atoms with Crippen LogP contribution in [0.5, 0.6) is 0 Å². The van der Waals surface area contributed by atoms with Crippen molar-refractivity contribution in [2.75, 3.05) is 37.6 Å². The Hall–Kier alpha value is -3.16. The summed E-state index contributed by atoms with van der Waals surface area (Å²) in [4.78, 5) is 41.4. The van der Waals surface area contributed by atoms with Crippen LogP contribution >= 0.6 is 0 Å². The van der Waals surface area contributed by atoms with E-state index in [-0.39, 0.29) is 36.4 Å². The number of carbonyl (C=O) groups is 3. The zero-order valence-corrected chi connectivity index (χ0v) is 15.6. The standard InChI is InChI=1S/C20H22FN3O4/c1-15(25)24(17-5-2-4-16(21)14-17)8-7-19(26)22-9-11-23(12-10-22)20(27)18-6-3-13-28-18/h2-6,13-14H,7-12H2,1H3. The molecular formula is C20H22FN3O4.